The van der Waals surface area contributed by atoms with E-state index in [4.69, 9.17) is 0 Å². The van der Waals surface area contributed by atoms with Gasteiger partial charge in [0.2, 0.25) is 0 Å². The molecule has 11 rings (SSSR count). The molecule has 10 aromatic rings. The van der Waals surface area contributed by atoms with E-state index in [9.17, 15) is 0 Å². The van der Waals surface area contributed by atoms with Crippen molar-refractivity contribution in [2.45, 2.75) is 0 Å². The van der Waals surface area contributed by atoms with E-state index in [1.807, 2.05) is 0 Å². The van der Waals surface area contributed by atoms with E-state index in [-0.39, 0.29) is 0 Å². The van der Waals surface area contributed by atoms with Crippen LogP contribution in [0, 0.1) is 0 Å². The average molecular weight is 531 g/mol. The van der Waals surface area contributed by atoms with Crippen molar-refractivity contribution in [1.29, 1.82) is 0 Å². The summed E-state index contributed by atoms with van der Waals surface area (Å²) in [5, 5.41) is 22.7. The predicted octanol–water partition coefficient (Wildman–Crippen LogP) is 11.6. The van der Waals surface area contributed by atoms with Crippen molar-refractivity contribution in [3.8, 4) is 0 Å². The van der Waals surface area contributed by atoms with Crippen molar-refractivity contribution in [2.24, 2.45) is 0 Å². The molecule has 42 heavy (non-hydrogen) atoms. The van der Waals surface area contributed by atoms with Crippen LogP contribution < -0.4 is 10.2 Å². The molecule has 2 nitrogen and oxygen atoms in total. The molecule has 2 heteroatoms. The Labute approximate surface area is 241 Å². The zero-order chi connectivity index (χ0) is 27.1. The fourth-order valence-electron chi connectivity index (χ4n) is 8.20. The van der Waals surface area contributed by atoms with Gasteiger partial charge in [-0.25, -0.2) is 0 Å². The molecule has 0 aliphatic carbocycles. The van der Waals surface area contributed by atoms with Crippen LogP contribution in [0.25, 0.3) is 75.4 Å². The van der Waals surface area contributed by atoms with Crippen LogP contribution in [0.3, 0.4) is 0 Å². The van der Waals surface area contributed by atoms with Gasteiger partial charge in [-0.3, -0.25) is 0 Å². The van der Waals surface area contributed by atoms with Crippen LogP contribution in [-0.4, -0.2) is 0 Å². The largest absolute Gasteiger partial charge is 0.352 e. The summed E-state index contributed by atoms with van der Waals surface area (Å²) in [6, 6.07) is 47.2. The van der Waals surface area contributed by atoms with Gasteiger partial charge in [0.05, 0.1) is 28.4 Å². The van der Waals surface area contributed by atoms with Crippen molar-refractivity contribution >= 4 is 104 Å². The summed E-state index contributed by atoms with van der Waals surface area (Å²) in [5.74, 6) is 0. The van der Waals surface area contributed by atoms with Crippen LogP contribution in [0.15, 0.2) is 127 Å². The van der Waals surface area contributed by atoms with Crippen LogP contribution in [0.5, 0.6) is 0 Å². The van der Waals surface area contributed by atoms with Crippen molar-refractivity contribution in [3.63, 3.8) is 0 Å². The normalized spacial score (nSPS) is 13.4. The van der Waals surface area contributed by atoms with Crippen LogP contribution in [0.2, 0.25) is 0 Å². The second kappa shape index (κ2) is 7.18. The predicted molar refractivity (Wildman–Crippen MR) is 181 cm³/mol. The van der Waals surface area contributed by atoms with Crippen LogP contribution in [0.4, 0.5) is 28.4 Å². The first-order chi connectivity index (χ1) is 20.9. The molecule has 0 saturated heterocycles. The van der Waals surface area contributed by atoms with Gasteiger partial charge in [-0.05, 0) is 95.0 Å². The van der Waals surface area contributed by atoms with Crippen LogP contribution in [-0.2, 0) is 0 Å². The van der Waals surface area contributed by atoms with Gasteiger partial charge in [0.1, 0.15) is 0 Å². The monoisotopic (exact) mass is 530 g/mol. The lowest BCUT2D eigenvalue weighted by molar-refractivity contribution is 1.27. The van der Waals surface area contributed by atoms with E-state index in [0.717, 1.165) is 11.4 Å². The first kappa shape index (κ1) is 21.2. The third-order valence-corrected chi connectivity index (χ3v) is 9.80. The topological polar surface area (TPSA) is 15.3 Å². The summed E-state index contributed by atoms with van der Waals surface area (Å²) in [6.45, 7) is 0. The number of para-hydroxylation sites is 4. The summed E-state index contributed by atoms with van der Waals surface area (Å²) in [7, 11) is 0. The molecule has 1 aliphatic rings. The van der Waals surface area contributed by atoms with Crippen LogP contribution >= 0.6 is 0 Å². The van der Waals surface area contributed by atoms with E-state index in [0.29, 0.717) is 0 Å². The van der Waals surface area contributed by atoms with Gasteiger partial charge in [-0.2, -0.15) is 0 Å². The summed E-state index contributed by atoms with van der Waals surface area (Å²) in [5.41, 5.74) is 5.80. The van der Waals surface area contributed by atoms with Crippen molar-refractivity contribution in [3.05, 3.63) is 127 Å². The van der Waals surface area contributed by atoms with Gasteiger partial charge < -0.3 is 10.2 Å². The Bertz CT molecular complexity index is 2640. The highest BCUT2D eigenvalue weighted by Gasteiger charge is 2.29. The lowest BCUT2D eigenvalue weighted by atomic mass is 9.91. The van der Waals surface area contributed by atoms with Gasteiger partial charge >= 0.3 is 0 Å². The molecule has 1 heterocycles. The quantitative estimate of drug-likeness (QED) is 0.212. The first-order valence-electron chi connectivity index (χ1n) is 14.6. The maximum Gasteiger partial charge on any atom is 0.0697 e. The Hall–Kier alpha value is -5.60. The fourth-order valence-corrected chi connectivity index (χ4v) is 8.20. The van der Waals surface area contributed by atoms with Gasteiger partial charge in [0.25, 0.3) is 0 Å². The Morgan fingerprint density at radius 1 is 0.310 bits per heavy atom. The smallest absolute Gasteiger partial charge is 0.0697 e. The minimum absolute atomic E-state index is 1.12. The Balaban J connectivity index is 1.44. The molecule has 10 aromatic carbocycles. The Morgan fingerprint density at radius 3 is 1.21 bits per heavy atom. The van der Waals surface area contributed by atoms with Crippen LogP contribution in [0.1, 0.15) is 0 Å². The molecule has 1 aliphatic heterocycles. The zero-order valence-corrected chi connectivity index (χ0v) is 22.6. The number of nitrogens with one attached hydrogen (secondary N) is 1. The number of anilines is 5. The molecule has 1 N–H and O–H groups in total. The third kappa shape index (κ3) is 2.33. The summed E-state index contributed by atoms with van der Waals surface area (Å²) in [6.07, 6.45) is 0. The van der Waals surface area contributed by atoms with Gasteiger partial charge in [0, 0.05) is 10.8 Å². The third-order valence-electron chi connectivity index (χ3n) is 9.80. The molecule has 192 valence electrons. The molecule has 0 aromatic heterocycles. The maximum absolute atomic E-state index is 3.69. The highest BCUT2D eigenvalue weighted by molar-refractivity contribution is 6.52. The molecule has 0 radical (unpaired) electrons. The average Bonchev–Trinajstić information content (AvgIpc) is 3.42. The lowest BCUT2D eigenvalue weighted by Gasteiger charge is -2.35. The van der Waals surface area contributed by atoms with E-state index in [1.165, 1.54) is 92.5 Å². The molecule has 0 bridgehead atoms. The van der Waals surface area contributed by atoms with E-state index in [1.54, 1.807) is 0 Å². The lowest BCUT2D eigenvalue weighted by Crippen LogP contribution is -2.17. The first-order valence-corrected chi connectivity index (χ1v) is 14.6. The van der Waals surface area contributed by atoms with Crippen molar-refractivity contribution < 1.29 is 0 Å². The minimum Gasteiger partial charge on any atom is -0.352 e. The Kier molecular flexibility index (Phi) is 3.62. The van der Waals surface area contributed by atoms with Gasteiger partial charge in [-0.1, -0.05) is 97.1 Å². The summed E-state index contributed by atoms with van der Waals surface area (Å²) >= 11 is 0. The fraction of sp³-hybridized carbons (Fsp3) is 0. The highest BCUT2D eigenvalue weighted by atomic mass is 15.2. The van der Waals surface area contributed by atoms with E-state index >= 15 is 0 Å². The second-order valence-corrected chi connectivity index (χ2v) is 11.7. The molecule has 0 saturated carbocycles. The number of rotatable bonds is 1. The second-order valence-electron chi connectivity index (χ2n) is 11.7. The standard InChI is InChI=1S/C40H22N2/c1-2-10-23-22(9-1)26-17-18-27-24-11-3-4-12-25(24)30-21-35(29-20-19-28(23)37-36(26)38(27)40(30)39(29)37)42-33-15-7-5-13-31(33)41-32-14-6-8-16-34(32)42/h1-21,41H. The van der Waals surface area contributed by atoms with Crippen molar-refractivity contribution in [2.75, 3.05) is 10.2 Å². The number of benzene rings is 9. The molecular weight excluding hydrogens is 508 g/mol. The molecule has 0 unspecified atom stereocenters. The molecule has 0 atom stereocenters. The van der Waals surface area contributed by atoms with E-state index in [2.05, 4.69) is 138 Å². The minimum atomic E-state index is 1.12. The molecule has 0 amide bonds. The summed E-state index contributed by atoms with van der Waals surface area (Å²) in [4.78, 5) is 2.47. The zero-order valence-electron chi connectivity index (χ0n) is 22.6. The van der Waals surface area contributed by atoms with Crippen molar-refractivity contribution in [1.82, 2.24) is 0 Å². The SMILES string of the molecule is c1ccc2c(c1)Nc1ccccc1N2c1cc2c3ccccc3c3ccc4c5ccccc5c5ccc1c1c5c4c3c21. The number of fused-ring (bicyclic) bond motifs is 8. The Morgan fingerprint density at radius 2 is 0.690 bits per heavy atom. The highest BCUT2D eigenvalue weighted by Crippen LogP contribution is 2.57. The van der Waals surface area contributed by atoms with Gasteiger partial charge in [0.15, 0.2) is 0 Å². The molecular formula is C40H22N2. The maximum atomic E-state index is 3.69. The summed E-state index contributed by atoms with van der Waals surface area (Å²) < 4.78 is 0. The van der Waals surface area contributed by atoms with E-state index < -0.39 is 0 Å². The molecule has 0 fully saturated rings. The number of nitrogens with zero attached hydrogens (tertiary/aromatic N) is 1. The van der Waals surface area contributed by atoms with Gasteiger partial charge in [-0.15, -0.1) is 0 Å². The molecule has 0 spiro atoms. The number of hydrogen-bond donors (Lipinski definition) is 1. The number of hydrogen-bond acceptors (Lipinski definition) is 2.